The van der Waals surface area contributed by atoms with Crippen molar-refractivity contribution >= 4 is 28.6 Å². The van der Waals surface area contributed by atoms with Crippen LogP contribution in [0.5, 0.6) is 0 Å². The van der Waals surface area contributed by atoms with Crippen LogP contribution in [0.1, 0.15) is 15.9 Å². The number of halogens is 1. The summed E-state index contributed by atoms with van der Waals surface area (Å²) in [6, 6.07) is 12.8. The minimum Gasteiger partial charge on any atom is -0.443 e. The maximum Gasteiger partial charge on any atom is 0.252 e. The van der Waals surface area contributed by atoms with Crippen molar-refractivity contribution < 1.29 is 9.21 Å². The van der Waals surface area contributed by atoms with Gasteiger partial charge in [0.25, 0.3) is 5.91 Å². The Morgan fingerprint density at radius 1 is 1.24 bits per heavy atom. The molecule has 0 saturated heterocycles. The first-order chi connectivity index (χ1) is 10.2. The van der Waals surface area contributed by atoms with E-state index in [1.807, 2.05) is 18.2 Å². The second kappa shape index (κ2) is 5.97. The van der Waals surface area contributed by atoms with Gasteiger partial charge in [0.15, 0.2) is 12.0 Å². The monoisotopic (exact) mass is 300 g/mol. The van der Waals surface area contributed by atoms with Gasteiger partial charge >= 0.3 is 0 Å². The number of benzene rings is 2. The summed E-state index contributed by atoms with van der Waals surface area (Å²) >= 11 is 5.99. The molecule has 1 amide bonds. The summed E-state index contributed by atoms with van der Waals surface area (Å²) in [7, 11) is 0. The predicted molar refractivity (Wildman–Crippen MR) is 81.5 cm³/mol. The molecular weight excluding hydrogens is 288 g/mol. The van der Waals surface area contributed by atoms with Gasteiger partial charge < -0.3 is 9.73 Å². The third-order valence-corrected chi connectivity index (χ3v) is 3.54. The van der Waals surface area contributed by atoms with Crippen molar-refractivity contribution in [2.75, 3.05) is 6.54 Å². The maximum absolute atomic E-state index is 12.0. The van der Waals surface area contributed by atoms with Crippen LogP contribution in [0, 0.1) is 0 Å². The van der Waals surface area contributed by atoms with E-state index in [2.05, 4.69) is 10.3 Å². The summed E-state index contributed by atoms with van der Waals surface area (Å²) in [5.41, 5.74) is 3.17. The van der Waals surface area contributed by atoms with Crippen LogP contribution in [0.4, 0.5) is 0 Å². The largest absolute Gasteiger partial charge is 0.443 e. The lowest BCUT2D eigenvalue weighted by molar-refractivity contribution is 0.0954. The topological polar surface area (TPSA) is 55.1 Å². The van der Waals surface area contributed by atoms with Gasteiger partial charge in [0.1, 0.15) is 5.52 Å². The fraction of sp³-hybridized carbons (Fsp3) is 0.125. The molecule has 0 aliphatic heterocycles. The molecule has 0 saturated carbocycles. The summed E-state index contributed by atoms with van der Waals surface area (Å²) in [6.45, 7) is 0.535. The van der Waals surface area contributed by atoms with Gasteiger partial charge in [0.2, 0.25) is 0 Å². The number of amides is 1. The molecule has 0 atom stereocenters. The van der Waals surface area contributed by atoms with Crippen molar-refractivity contribution in [3.63, 3.8) is 0 Å². The molecule has 0 fully saturated rings. The number of carbonyl (C=O) groups is 1. The van der Waals surface area contributed by atoms with Gasteiger partial charge in [0.05, 0.1) is 10.6 Å². The van der Waals surface area contributed by atoms with Crippen molar-refractivity contribution in [3.05, 3.63) is 65.0 Å². The van der Waals surface area contributed by atoms with Crippen LogP contribution >= 0.6 is 11.6 Å². The smallest absolute Gasteiger partial charge is 0.252 e. The number of nitrogens with zero attached hydrogens (tertiary/aromatic N) is 1. The van der Waals surface area contributed by atoms with Gasteiger partial charge in [-0.05, 0) is 36.2 Å². The Hall–Kier alpha value is -2.33. The van der Waals surface area contributed by atoms with Gasteiger partial charge in [-0.3, -0.25) is 4.79 Å². The molecule has 106 valence electrons. The van der Waals surface area contributed by atoms with E-state index in [1.165, 1.54) is 6.39 Å². The van der Waals surface area contributed by atoms with Gasteiger partial charge in [0, 0.05) is 6.54 Å². The molecule has 3 aromatic rings. The molecule has 2 aromatic carbocycles. The molecule has 0 spiro atoms. The van der Waals surface area contributed by atoms with Crippen molar-refractivity contribution in [3.8, 4) is 0 Å². The molecule has 1 heterocycles. The van der Waals surface area contributed by atoms with E-state index in [4.69, 9.17) is 16.0 Å². The molecule has 0 radical (unpaired) electrons. The van der Waals surface area contributed by atoms with Crippen molar-refractivity contribution in [2.45, 2.75) is 6.42 Å². The molecule has 1 aromatic heterocycles. The first kappa shape index (κ1) is 13.6. The van der Waals surface area contributed by atoms with Gasteiger partial charge in [-0.2, -0.15) is 0 Å². The van der Waals surface area contributed by atoms with Crippen LogP contribution < -0.4 is 5.32 Å². The van der Waals surface area contributed by atoms with Gasteiger partial charge in [-0.25, -0.2) is 4.98 Å². The zero-order valence-electron chi connectivity index (χ0n) is 11.2. The zero-order valence-corrected chi connectivity index (χ0v) is 11.9. The highest BCUT2D eigenvalue weighted by molar-refractivity contribution is 6.33. The first-order valence-corrected chi connectivity index (χ1v) is 6.97. The lowest BCUT2D eigenvalue weighted by atomic mass is 10.1. The van der Waals surface area contributed by atoms with E-state index in [9.17, 15) is 4.79 Å². The summed E-state index contributed by atoms with van der Waals surface area (Å²) in [6.07, 6.45) is 2.15. The van der Waals surface area contributed by atoms with E-state index in [0.717, 1.165) is 23.1 Å². The lowest BCUT2D eigenvalue weighted by Gasteiger charge is -2.06. The highest BCUT2D eigenvalue weighted by atomic mass is 35.5. The number of carbonyl (C=O) groups excluding carboxylic acids is 1. The zero-order chi connectivity index (χ0) is 14.7. The Balaban J connectivity index is 1.60. The molecule has 5 heteroatoms. The number of hydrogen-bond acceptors (Lipinski definition) is 3. The first-order valence-electron chi connectivity index (χ1n) is 6.59. The highest BCUT2D eigenvalue weighted by Gasteiger charge is 2.08. The number of rotatable bonds is 4. The van der Waals surface area contributed by atoms with Gasteiger partial charge in [-0.15, -0.1) is 0 Å². The fourth-order valence-electron chi connectivity index (χ4n) is 2.12. The molecular formula is C16H13ClN2O2. The van der Waals surface area contributed by atoms with E-state index in [1.54, 1.807) is 24.3 Å². The summed E-state index contributed by atoms with van der Waals surface area (Å²) in [4.78, 5) is 16.1. The second-order valence-electron chi connectivity index (χ2n) is 4.64. The summed E-state index contributed by atoms with van der Waals surface area (Å²) in [5, 5.41) is 3.32. The number of aromatic nitrogens is 1. The Labute approximate surface area is 126 Å². The van der Waals surface area contributed by atoms with E-state index < -0.39 is 0 Å². The average molecular weight is 301 g/mol. The minimum absolute atomic E-state index is 0.164. The summed E-state index contributed by atoms with van der Waals surface area (Å²) < 4.78 is 5.19. The Bertz CT molecular complexity index is 783. The Kier molecular flexibility index (Phi) is 3.88. The second-order valence-corrected chi connectivity index (χ2v) is 5.05. The molecule has 0 aliphatic carbocycles. The van der Waals surface area contributed by atoms with Crippen molar-refractivity contribution in [1.82, 2.24) is 10.3 Å². The summed E-state index contributed by atoms with van der Waals surface area (Å²) in [5.74, 6) is -0.164. The predicted octanol–water partition coefficient (Wildman–Crippen LogP) is 3.45. The number of hydrogen-bond donors (Lipinski definition) is 1. The number of nitrogens with one attached hydrogen (secondary N) is 1. The molecule has 4 nitrogen and oxygen atoms in total. The van der Waals surface area contributed by atoms with Crippen molar-refractivity contribution in [2.24, 2.45) is 0 Å². The van der Waals surface area contributed by atoms with Crippen LogP contribution in [0.2, 0.25) is 5.02 Å². The molecule has 0 bridgehead atoms. The number of fused-ring (bicyclic) bond motifs is 1. The van der Waals surface area contributed by atoms with E-state index in [0.29, 0.717) is 17.1 Å². The van der Waals surface area contributed by atoms with Crippen LogP contribution in [-0.4, -0.2) is 17.4 Å². The van der Waals surface area contributed by atoms with Crippen LogP contribution in [0.3, 0.4) is 0 Å². The molecule has 0 aliphatic rings. The SMILES string of the molecule is O=C(NCCc1ccc2ocnc2c1)c1ccccc1Cl. The van der Waals surface area contributed by atoms with Crippen molar-refractivity contribution in [1.29, 1.82) is 0 Å². The Morgan fingerprint density at radius 2 is 2.10 bits per heavy atom. The van der Waals surface area contributed by atoms with Crippen LogP contribution in [-0.2, 0) is 6.42 Å². The molecule has 21 heavy (non-hydrogen) atoms. The minimum atomic E-state index is -0.164. The Morgan fingerprint density at radius 3 is 2.95 bits per heavy atom. The van der Waals surface area contributed by atoms with Gasteiger partial charge in [-0.1, -0.05) is 29.8 Å². The third kappa shape index (κ3) is 3.06. The molecule has 3 rings (SSSR count). The fourth-order valence-corrected chi connectivity index (χ4v) is 2.34. The van der Waals surface area contributed by atoms with E-state index >= 15 is 0 Å². The van der Waals surface area contributed by atoms with Crippen LogP contribution in [0.15, 0.2) is 53.3 Å². The molecule has 1 N–H and O–H groups in total. The molecule has 0 unspecified atom stereocenters. The standard InChI is InChI=1S/C16H13ClN2O2/c17-13-4-2-1-3-12(13)16(20)18-8-7-11-5-6-15-14(9-11)19-10-21-15/h1-6,9-10H,7-8H2,(H,18,20). The average Bonchev–Trinajstić information content (AvgIpc) is 2.95. The van der Waals surface area contributed by atoms with Crippen LogP contribution in [0.25, 0.3) is 11.1 Å². The number of oxazole rings is 1. The highest BCUT2D eigenvalue weighted by Crippen LogP contribution is 2.15. The lowest BCUT2D eigenvalue weighted by Crippen LogP contribution is -2.25. The normalized spacial score (nSPS) is 10.7. The van der Waals surface area contributed by atoms with E-state index in [-0.39, 0.29) is 5.91 Å². The quantitative estimate of drug-likeness (QED) is 0.803. The third-order valence-electron chi connectivity index (χ3n) is 3.21. The maximum atomic E-state index is 12.0.